The van der Waals surface area contributed by atoms with E-state index in [4.69, 9.17) is 4.99 Å². The Balaban J connectivity index is 2.17. The minimum Gasteiger partial charge on any atom is -0.303 e. The van der Waals surface area contributed by atoms with Gasteiger partial charge in [-0.15, -0.1) is 0 Å². The molecule has 0 aromatic heterocycles. The lowest BCUT2D eigenvalue weighted by Gasteiger charge is -2.24. The van der Waals surface area contributed by atoms with E-state index in [1.165, 1.54) is 0 Å². The summed E-state index contributed by atoms with van der Waals surface area (Å²) >= 11 is 1.58. The first kappa shape index (κ1) is 14.9. The van der Waals surface area contributed by atoms with Crippen LogP contribution in [0.4, 0.5) is 0 Å². The third kappa shape index (κ3) is 2.55. The number of carbonyl (C=O) groups is 1. The molecule has 3 nitrogen and oxygen atoms in total. The first-order valence-corrected chi connectivity index (χ1v) is 8.20. The molecular formula is C18H18N2OS. The Hall–Kier alpha value is -2.07. The van der Waals surface area contributed by atoms with Crippen LogP contribution in [0, 0.1) is 0 Å². The molecule has 1 aliphatic rings. The molecule has 1 heterocycles. The quantitative estimate of drug-likeness (QED) is 0.942. The van der Waals surface area contributed by atoms with E-state index in [9.17, 15) is 4.79 Å². The number of amides is 1. The van der Waals surface area contributed by atoms with Crippen LogP contribution in [0.5, 0.6) is 0 Å². The van der Waals surface area contributed by atoms with Gasteiger partial charge in [-0.3, -0.25) is 4.79 Å². The summed E-state index contributed by atoms with van der Waals surface area (Å²) in [6.45, 7) is 4.18. The summed E-state index contributed by atoms with van der Waals surface area (Å²) in [5.41, 5.74) is 0.788. The Morgan fingerprint density at radius 2 is 1.45 bits per heavy atom. The van der Waals surface area contributed by atoms with Gasteiger partial charge in [-0.05, 0) is 11.1 Å². The molecule has 0 saturated heterocycles. The summed E-state index contributed by atoms with van der Waals surface area (Å²) in [7, 11) is 0. The fraction of sp³-hybridized carbons (Fsp3) is 0.222. The van der Waals surface area contributed by atoms with Crippen molar-refractivity contribution in [1.29, 1.82) is 0 Å². The maximum absolute atomic E-state index is 12.9. The van der Waals surface area contributed by atoms with Gasteiger partial charge in [0.25, 0.3) is 5.91 Å². The number of amidine groups is 1. The highest BCUT2D eigenvalue weighted by molar-refractivity contribution is 8.14. The van der Waals surface area contributed by atoms with E-state index in [2.05, 4.69) is 19.2 Å². The van der Waals surface area contributed by atoms with Crippen LogP contribution in [0.3, 0.4) is 0 Å². The molecule has 0 radical (unpaired) electrons. The monoisotopic (exact) mass is 310 g/mol. The predicted molar refractivity (Wildman–Crippen MR) is 92.0 cm³/mol. The normalized spacial score (nSPS) is 16.5. The van der Waals surface area contributed by atoms with Crippen LogP contribution in [0.15, 0.2) is 65.7 Å². The zero-order valence-electron chi connectivity index (χ0n) is 12.6. The average molecular weight is 310 g/mol. The summed E-state index contributed by atoms with van der Waals surface area (Å²) in [6, 6.07) is 19.5. The number of nitrogens with zero attached hydrogens (tertiary/aromatic N) is 1. The molecule has 0 fully saturated rings. The Bertz CT molecular complexity index is 656. The van der Waals surface area contributed by atoms with Crippen molar-refractivity contribution in [3.63, 3.8) is 0 Å². The molecule has 2 aromatic rings. The molecule has 22 heavy (non-hydrogen) atoms. The largest absolute Gasteiger partial charge is 0.303 e. The Morgan fingerprint density at radius 3 is 1.91 bits per heavy atom. The smallest absolute Gasteiger partial charge is 0.263 e. The van der Waals surface area contributed by atoms with Crippen LogP contribution in [0.1, 0.15) is 25.0 Å². The fourth-order valence-corrected chi connectivity index (χ4v) is 3.40. The SMILES string of the molecule is CC(C)SC1=NC(c2ccccc2)(c2ccccc2)C(=O)N1. The molecule has 2 aromatic carbocycles. The lowest BCUT2D eigenvalue weighted by atomic mass is 9.83. The highest BCUT2D eigenvalue weighted by Crippen LogP contribution is 2.38. The minimum atomic E-state index is -0.986. The van der Waals surface area contributed by atoms with Crippen molar-refractivity contribution < 1.29 is 4.79 Å². The second kappa shape index (κ2) is 5.97. The molecule has 0 saturated carbocycles. The van der Waals surface area contributed by atoms with E-state index in [0.717, 1.165) is 11.1 Å². The third-order valence-corrected chi connectivity index (χ3v) is 4.44. The standard InChI is InChI=1S/C18H18N2OS/c1-13(2)22-17-19-16(21)18(20-17,14-9-5-3-6-10-14)15-11-7-4-8-12-15/h3-13H,1-2H3,(H,19,20,21). The number of thioether (sulfide) groups is 1. The summed E-state index contributed by atoms with van der Waals surface area (Å²) < 4.78 is 0. The van der Waals surface area contributed by atoms with Crippen molar-refractivity contribution in [2.75, 3.05) is 0 Å². The van der Waals surface area contributed by atoms with Crippen molar-refractivity contribution in [3.05, 3.63) is 71.8 Å². The van der Waals surface area contributed by atoms with Crippen molar-refractivity contribution in [1.82, 2.24) is 5.32 Å². The molecule has 0 unspecified atom stereocenters. The molecule has 1 aliphatic heterocycles. The topological polar surface area (TPSA) is 41.5 Å². The molecule has 1 N–H and O–H groups in total. The van der Waals surface area contributed by atoms with E-state index in [1.807, 2.05) is 60.7 Å². The van der Waals surface area contributed by atoms with Gasteiger partial charge < -0.3 is 5.32 Å². The van der Waals surface area contributed by atoms with Gasteiger partial charge in [-0.25, -0.2) is 4.99 Å². The third-order valence-electron chi connectivity index (χ3n) is 3.55. The number of hydrogen-bond acceptors (Lipinski definition) is 3. The molecule has 0 atom stereocenters. The van der Waals surface area contributed by atoms with Gasteiger partial charge in [0, 0.05) is 5.25 Å². The van der Waals surface area contributed by atoms with Crippen LogP contribution >= 0.6 is 11.8 Å². The summed E-state index contributed by atoms with van der Waals surface area (Å²) in [6.07, 6.45) is 0. The van der Waals surface area contributed by atoms with E-state index < -0.39 is 5.54 Å². The van der Waals surface area contributed by atoms with Crippen molar-refractivity contribution in [2.24, 2.45) is 4.99 Å². The number of nitrogens with one attached hydrogen (secondary N) is 1. The number of hydrogen-bond donors (Lipinski definition) is 1. The Kier molecular flexibility index (Phi) is 4.03. The number of aliphatic imine (C=N–C) groups is 1. The predicted octanol–water partition coefficient (Wildman–Crippen LogP) is 3.56. The summed E-state index contributed by atoms with van der Waals surface area (Å²) in [5, 5.41) is 4.00. The van der Waals surface area contributed by atoms with Gasteiger partial charge >= 0.3 is 0 Å². The van der Waals surface area contributed by atoms with Gasteiger partial charge in [-0.1, -0.05) is 86.3 Å². The van der Waals surface area contributed by atoms with Crippen molar-refractivity contribution in [3.8, 4) is 0 Å². The first-order chi connectivity index (χ1) is 10.6. The van der Waals surface area contributed by atoms with E-state index in [1.54, 1.807) is 11.8 Å². The fourth-order valence-electron chi connectivity index (χ4n) is 2.61. The van der Waals surface area contributed by atoms with Crippen LogP contribution in [-0.2, 0) is 10.3 Å². The zero-order valence-corrected chi connectivity index (χ0v) is 13.4. The lowest BCUT2D eigenvalue weighted by molar-refractivity contribution is -0.122. The molecule has 3 rings (SSSR count). The minimum absolute atomic E-state index is 0.0898. The number of benzene rings is 2. The van der Waals surface area contributed by atoms with E-state index in [0.29, 0.717) is 10.4 Å². The van der Waals surface area contributed by atoms with E-state index >= 15 is 0 Å². The molecule has 0 bridgehead atoms. The molecule has 112 valence electrons. The Labute approximate surface area is 134 Å². The van der Waals surface area contributed by atoms with Gasteiger partial charge in [0.2, 0.25) is 0 Å². The summed E-state index contributed by atoms with van der Waals surface area (Å²) in [4.78, 5) is 17.7. The van der Waals surface area contributed by atoms with Crippen molar-refractivity contribution in [2.45, 2.75) is 24.6 Å². The second-order valence-corrected chi connectivity index (χ2v) is 7.05. The summed E-state index contributed by atoms with van der Waals surface area (Å²) in [5.74, 6) is -0.0898. The highest BCUT2D eigenvalue weighted by Gasteiger charge is 2.46. The zero-order chi connectivity index (χ0) is 15.6. The van der Waals surface area contributed by atoms with Crippen LogP contribution in [0.2, 0.25) is 0 Å². The lowest BCUT2D eigenvalue weighted by Crippen LogP contribution is -2.38. The van der Waals surface area contributed by atoms with Gasteiger partial charge in [0.15, 0.2) is 10.7 Å². The second-order valence-electron chi connectivity index (χ2n) is 5.48. The maximum atomic E-state index is 12.9. The molecule has 0 spiro atoms. The Morgan fingerprint density at radius 1 is 0.955 bits per heavy atom. The van der Waals surface area contributed by atoms with Crippen LogP contribution in [0.25, 0.3) is 0 Å². The molecule has 1 amide bonds. The van der Waals surface area contributed by atoms with Crippen LogP contribution < -0.4 is 5.32 Å². The van der Waals surface area contributed by atoms with Gasteiger partial charge in [0.05, 0.1) is 0 Å². The average Bonchev–Trinajstić information content (AvgIpc) is 2.85. The van der Waals surface area contributed by atoms with Gasteiger partial charge in [0.1, 0.15) is 0 Å². The number of carbonyl (C=O) groups excluding carboxylic acids is 1. The van der Waals surface area contributed by atoms with Crippen molar-refractivity contribution >= 4 is 22.8 Å². The number of rotatable bonds is 3. The van der Waals surface area contributed by atoms with E-state index in [-0.39, 0.29) is 5.91 Å². The first-order valence-electron chi connectivity index (χ1n) is 7.32. The molecule has 4 heteroatoms. The van der Waals surface area contributed by atoms with Gasteiger partial charge in [-0.2, -0.15) is 0 Å². The molecule has 0 aliphatic carbocycles. The maximum Gasteiger partial charge on any atom is 0.263 e. The van der Waals surface area contributed by atoms with Crippen LogP contribution in [-0.4, -0.2) is 16.3 Å². The molecular weight excluding hydrogens is 292 g/mol. The highest BCUT2D eigenvalue weighted by atomic mass is 32.2.